The fourth-order valence-corrected chi connectivity index (χ4v) is 2.21. The van der Waals surface area contributed by atoms with Crippen molar-refractivity contribution in [3.8, 4) is 11.3 Å². The van der Waals surface area contributed by atoms with Crippen LogP contribution in [0.2, 0.25) is 5.02 Å². The Morgan fingerprint density at radius 2 is 2.05 bits per heavy atom. The lowest BCUT2D eigenvalue weighted by molar-refractivity contribution is 0.0519. The van der Waals surface area contributed by atoms with Gasteiger partial charge in [0.2, 0.25) is 0 Å². The van der Waals surface area contributed by atoms with Crippen LogP contribution >= 0.6 is 11.6 Å². The summed E-state index contributed by atoms with van der Waals surface area (Å²) < 4.78 is 6.01. The number of aromatic nitrogens is 3. The highest BCUT2D eigenvalue weighted by Crippen LogP contribution is 2.19. The number of carbonyl (C=O) groups excluding carboxylic acids is 1. The first-order chi connectivity index (χ1) is 10.6. The van der Waals surface area contributed by atoms with E-state index < -0.39 is 5.97 Å². The van der Waals surface area contributed by atoms with Crippen LogP contribution in [0.3, 0.4) is 0 Å². The molecule has 112 valence electrons. The molecule has 6 nitrogen and oxygen atoms in total. The summed E-state index contributed by atoms with van der Waals surface area (Å²) in [5, 5.41) is 4.57. The van der Waals surface area contributed by atoms with Crippen molar-refractivity contribution in [2.75, 3.05) is 6.61 Å². The predicted molar refractivity (Wildman–Crippen MR) is 82.2 cm³/mol. The molecule has 0 bridgehead atoms. The maximum atomic E-state index is 12.1. The van der Waals surface area contributed by atoms with Crippen molar-refractivity contribution in [3.05, 3.63) is 57.5 Å². The molecule has 0 spiro atoms. The van der Waals surface area contributed by atoms with Crippen LogP contribution in [0.4, 0.5) is 0 Å². The SMILES string of the molecule is CCOC(=O)c1cc2[nH]c(-c3ccc(Cl)cc3)cc(=O)n2n1. The number of esters is 1. The Bertz CT molecular complexity index is 897. The van der Waals surface area contributed by atoms with Crippen molar-refractivity contribution in [3.63, 3.8) is 0 Å². The van der Waals surface area contributed by atoms with Gasteiger partial charge in [-0.25, -0.2) is 4.79 Å². The molecule has 22 heavy (non-hydrogen) atoms. The third-order valence-corrected chi connectivity index (χ3v) is 3.34. The average molecular weight is 318 g/mol. The number of ether oxygens (including phenoxy) is 1. The van der Waals surface area contributed by atoms with E-state index >= 15 is 0 Å². The van der Waals surface area contributed by atoms with Crippen LogP contribution in [-0.4, -0.2) is 27.2 Å². The van der Waals surface area contributed by atoms with Crippen LogP contribution in [0.1, 0.15) is 17.4 Å². The molecule has 0 saturated heterocycles. The van der Waals surface area contributed by atoms with Crippen molar-refractivity contribution >= 4 is 23.2 Å². The van der Waals surface area contributed by atoms with Crippen molar-refractivity contribution in [2.45, 2.75) is 6.92 Å². The Morgan fingerprint density at radius 1 is 1.32 bits per heavy atom. The van der Waals surface area contributed by atoms with Gasteiger partial charge in [0.25, 0.3) is 5.56 Å². The maximum Gasteiger partial charge on any atom is 0.358 e. The first kappa shape index (κ1) is 14.3. The Morgan fingerprint density at radius 3 is 2.73 bits per heavy atom. The van der Waals surface area contributed by atoms with Gasteiger partial charge in [-0.1, -0.05) is 23.7 Å². The summed E-state index contributed by atoms with van der Waals surface area (Å²) in [6.45, 7) is 1.95. The lowest BCUT2D eigenvalue weighted by Crippen LogP contribution is -2.15. The molecule has 0 aliphatic carbocycles. The highest BCUT2D eigenvalue weighted by Gasteiger charge is 2.14. The van der Waals surface area contributed by atoms with E-state index in [1.165, 1.54) is 12.1 Å². The zero-order valence-corrected chi connectivity index (χ0v) is 12.4. The fraction of sp³-hybridized carbons (Fsp3) is 0.133. The molecule has 2 aromatic heterocycles. The molecule has 0 amide bonds. The van der Waals surface area contributed by atoms with E-state index in [0.29, 0.717) is 16.4 Å². The third kappa shape index (κ3) is 2.60. The number of H-pyrrole nitrogens is 1. The van der Waals surface area contributed by atoms with E-state index in [1.807, 2.05) is 0 Å². The highest BCUT2D eigenvalue weighted by atomic mass is 35.5. The normalized spacial score (nSPS) is 10.8. The van der Waals surface area contributed by atoms with Crippen LogP contribution in [0.5, 0.6) is 0 Å². The summed E-state index contributed by atoms with van der Waals surface area (Å²) in [5.74, 6) is -0.563. The Balaban J connectivity index is 2.10. The molecule has 1 N–H and O–H groups in total. The van der Waals surface area contributed by atoms with E-state index in [1.54, 1.807) is 31.2 Å². The topological polar surface area (TPSA) is 76.5 Å². The van der Waals surface area contributed by atoms with Crippen LogP contribution in [-0.2, 0) is 4.74 Å². The number of fused-ring (bicyclic) bond motifs is 1. The van der Waals surface area contributed by atoms with Gasteiger partial charge in [0.15, 0.2) is 5.69 Å². The minimum Gasteiger partial charge on any atom is -0.461 e. The van der Waals surface area contributed by atoms with Crippen LogP contribution < -0.4 is 5.56 Å². The fourth-order valence-electron chi connectivity index (χ4n) is 2.09. The zero-order chi connectivity index (χ0) is 15.7. The van der Waals surface area contributed by atoms with Crippen LogP contribution in [0.15, 0.2) is 41.2 Å². The number of nitrogens with zero attached hydrogens (tertiary/aromatic N) is 2. The van der Waals surface area contributed by atoms with E-state index in [4.69, 9.17) is 16.3 Å². The molecule has 7 heteroatoms. The summed E-state index contributed by atoms with van der Waals surface area (Å²) >= 11 is 5.86. The third-order valence-electron chi connectivity index (χ3n) is 3.09. The van der Waals surface area contributed by atoms with Crippen molar-refractivity contribution < 1.29 is 9.53 Å². The first-order valence-corrected chi connectivity index (χ1v) is 7.02. The van der Waals surface area contributed by atoms with E-state index in [2.05, 4.69) is 10.1 Å². The molecule has 0 unspecified atom stereocenters. The van der Waals surface area contributed by atoms with Gasteiger partial charge in [0.05, 0.1) is 12.3 Å². The highest BCUT2D eigenvalue weighted by molar-refractivity contribution is 6.30. The number of aromatic amines is 1. The molecule has 0 aliphatic heterocycles. The van der Waals surface area contributed by atoms with Gasteiger partial charge in [-0.15, -0.1) is 0 Å². The lowest BCUT2D eigenvalue weighted by Gasteiger charge is -2.02. The van der Waals surface area contributed by atoms with E-state index in [0.717, 1.165) is 10.1 Å². The average Bonchev–Trinajstić information content (AvgIpc) is 2.93. The minimum atomic E-state index is -0.563. The molecule has 0 saturated carbocycles. The molecular formula is C15H12ClN3O3. The summed E-state index contributed by atoms with van der Waals surface area (Å²) in [5.41, 5.74) is 1.59. The standard InChI is InChI=1S/C15H12ClN3O3/c1-2-22-15(21)12-7-13-17-11(8-14(20)19(13)18-12)9-3-5-10(16)6-4-9/h3-8,17H,2H2,1H3. The lowest BCUT2D eigenvalue weighted by atomic mass is 10.1. The number of hydrogen-bond acceptors (Lipinski definition) is 4. The second-order valence-electron chi connectivity index (χ2n) is 4.58. The largest absolute Gasteiger partial charge is 0.461 e. The number of rotatable bonds is 3. The molecule has 3 aromatic rings. The second-order valence-corrected chi connectivity index (χ2v) is 5.01. The smallest absolute Gasteiger partial charge is 0.358 e. The summed E-state index contributed by atoms with van der Waals surface area (Å²) in [6, 6.07) is 9.97. The molecule has 2 heterocycles. The number of nitrogens with one attached hydrogen (secondary N) is 1. The summed E-state index contributed by atoms with van der Waals surface area (Å²) in [7, 11) is 0. The van der Waals surface area contributed by atoms with Crippen LogP contribution in [0.25, 0.3) is 16.9 Å². The molecule has 0 atom stereocenters. The zero-order valence-electron chi connectivity index (χ0n) is 11.7. The quantitative estimate of drug-likeness (QED) is 0.753. The van der Waals surface area contributed by atoms with Crippen molar-refractivity contribution in [1.82, 2.24) is 14.6 Å². The van der Waals surface area contributed by atoms with Crippen molar-refractivity contribution in [1.29, 1.82) is 0 Å². The molecule has 1 aromatic carbocycles. The Hall–Kier alpha value is -2.60. The van der Waals surface area contributed by atoms with Crippen LogP contribution in [0, 0.1) is 0 Å². The van der Waals surface area contributed by atoms with Gasteiger partial charge in [-0.2, -0.15) is 9.61 Å². The molecule has 0 fully saturated rings. The van der Waals surface area contributed by atoms with E-state index in [9.17, 15) is 9.59 Å². The second kappa shape index (κ2) is 5.65. The molecular weight excluding hydrogens is 306 g/mol. The van der Waals surface area contributed by atoms with E-state index in [-0.39, 0.29) is 17.9 Å². The first-order valence-electron chi connectivity index (χ1n) is 6.64. The maximum absolute atomic E-state index is 12.1. The predicted octanol–water partition coefficient (Wildman–Crippen LogP) is 2.52. The minimum absolute atomic E-state index is 0.0865. The Kier molecular flexibility index (Phi) is 3.68. The molecule has 0 radical (unpaired) electrons. The van der Waals surface area contributed by atoms with Crippen molar-refractivity contribution in [2.24, 2.45) is 0 Å². The van der Waals surface area contributed by atoms with Gasteiger partial charge in [-0.05, 0) is 24.6 Å². The van der Waals surface area contributed by atoms with Gasteiger partial charge < -0.3 is 9.72 Å². The van der Waals surface area contributed by atoms with Gasteiger partial charge in [0, 0.05) is 17.2 Å². The summed E-state index contributed by atoms with van der Waals surface area (Å²) in [6.07, 6.45) is 0. The molecule has 0 aliphatic rings. The summed E-state index contributed by atoms with van der Waals surface area (Å²) in [4.78, 5) is 26.9. The number of benzene rings is 1. The number of hydrogen-bond donors (Lipinski definition) is 1. The number of carbonyl (C=O) groups is 1. The number of halogens is 1. The van der Waals surface area contributed by atoms with Gasteiger partial charge in [0.1, 0.15) is 5.65 Å². The van der Waals surface area contributed by atoms with Gasteiger partial charge >= 0.3 is 5.97 Å². The van der Waals surface area contributed by atoms with Gasteiger partial charge in [-0.3, -0.25) is 4.79 Å². The monoisotopic (exact) mass is 317 g/mol. The Labute approximate surface area is 130 Å². The molecule has 3 rings (SSSR count).